The molecule has 1 aromatic heterocycles. The number of rotatable bonds is 3. The number of non-ortho nitro benzene ring substituents is 1. The summed E-state index contributed by atoms with van der Waals surface area (Å²) in [4.78, 5) is 14.4. The van der Waals surface area contributed by atoms with Crippen LogP contribution in [-0.4, -0.2) is 30.9 Å². The molecule has 1 aliphatic carbocycles. The fraction of sp³-hybridized carbons (Fsp3) is 0.429. The lowest BCUT2D eigenvalue weighted by atomic mass is 9.93. The van der Waals surface area contributed by atoms with Crippen LogP contribution in [0.15, 0.2) is 30.6 Å². The van der Waals surface area contributed by atoms with E-state index in [-0.39, 0.29) is 17.8 Å². The van der Waals surface area contributed by atoms with Gasteiger partial charge in [0.15, 0.2) is 5.82 Å². The van der Waals surface area contributed by atoms with Crippen LogP contribution in [0.1, 0.15) is 31.7 Å². The molecule has 0 bridgehead atoms. The molecule has 1 fully saturated rings. The molecule has 0 amide bonds. The van der Waals surface area contributed by atoms with Crippen LogP contribution in [-0.2, 0) is 0 Å². The topological polar surface area (TPSA) is 94.1 Å². The number of hydrogen-bond acceptors (Lipinski definition) is 5. The number of aromatic nitrogens is 3. The summed E-state index contributed by atoms with van der Waals surface area (Å²) < 4.78 is 1.71. The zero-order valence-corrected chi connectivity index (χ0v) is 11.4. The van der Waals surface area contributed by atoms with Crippen molar-refractivity contribution in [2.45, 2.75) is 37.8 Å². The minimum atomic E-state index is -0.436. The maximum Gasteiger partial charge on any atom is 0.269 e. The van der Waals surface area contributed by atoms with E-state index in [0.29, 0.717) is 5.82 Å². The van der Waals surface area contributed by atoms with Gasteiger partial charge in [0.25, 0.3) is 5.69 Å². The van der Waals surface area contributed by atoms with Crippen molar-refractivity contribution in [3.63, 3.8) is 0 Å². The molecular formula is C14H16N4O3. The number of nitro benzene ring substituents is 1. The van der Waals surface area contributed by atoms with Crippen LogP contribution in [0.5, 0.6) is 0 Å². The number of aliphatic hydroxyl groups excluding tert-OH is 1. The van der Waals surface area contributed by atoms with Gasteiger partial charge < -0.3 is 5.11 Å². The zero-order chi connectivity index (χ0) is 14.8. The van der Waals surface area contributed by atoms with E-state index in [4.69, 9.17) is 0 Å². The summed E-state index contributed by atoms with van der Waals surface area (Å²) in [6, 6.07) is 6.11. The van der Waals surface area contributed by atoms with Gasteiger partial charge in [0.1, 0.15) is 6.33 Å². The third-order valence-electron chi connectivity index (χ3n) is 3.88. The second-order valence-corrected chi connectivity index (χ2v) is 5.27. The summed E-state index contributed by atoms with van der Waals surface area (Å²) >= 11 is 0. The predicted molar refractivity (Wildman–Crippen MR) is 75.6 cm³/mol. The monoisotopic (exact) mass is 288 g/mol. The summed E-state index contributed by atoms with van der Waals surface area (Å²) in [7, 11) is 0. The summed E-state index contributed by atoms with van der Waals surface area (Å²) in [6.07, 6.45) is 5.04. The number of hydrogen-bond donors (Lipinski definition) is 1. The fourth-order valence-corrected chi connectivity index (χ4v) is 2.70. The lowest BCUT2D eigenvalue weighted by Crippen LogP contribution is -2.27. The second kappa shape index (κ2) is 5.61. The molecule has 21 heavy (non-hydrogen) atoms. The minimum absolute atomic E-state index is 0.0296. The first-order valence-corrected chi connectivity index (χ1v) is 6.99. The molecule has 1 aliphatic rings. The van der Waals surface area contributed by atoms with Crippen molar-refractivity contribution in [2.24, 2.45) is 0 Å². The molecule has 0 aliphatic heterocycles. The Bertz CT molecular complexity index is 638. The Morgan fingerprint density at radius 1 is 1.24 bits per heavy atom. The third kappa shape index (κ3) is 2.78. The smallest absolute Gasteiger partial charge is 0.269 e. The van der Waals surface area contributed by atoms with Gasteiger partial charge in [-0.15, -0.1) is 0 Å². The number of aliphatic hydroxyl groups is 1. The van der Waals surface area contributed by atoms with E-state index in [1.165, 1.54) is 12.1 Å². The van der Waals surface area contributed by atoms with E-state index >= 15 is 0 Å². The first-order valence-electron chi connectivity index (χ1n) is 6.99. The van der Waals surface area contributed by atoms with Crippen molar-refractivity contribution in [2.75, 3.05) is 0 Å². The molecule has 1 saturated carbocycles. The van der Waals surface area contributed by atoms with Crippen LogP contribution in [0, 0.1) is 10.1 Å². The summed E-state index contributed by atoms with van der Waals surface area (Å²) in [5.74, 6) is 0.516. The third-order valence-corrected chi connectivity index (χ3v) is 3.88. The average Bonchev–Trinajstić information content (AvgIpc) is 2.97. The van der Waals surface area contributed by atoms with Gasteiger partial charge in [0.05, 0.1) is 17.1 Å². The van der Waals surface area contributed by atoms with Crippen molar-refractivity contribution in [3.05, 3.63) is 40.7 Å². The molecule has 1 N–H and O–H groups in total. The summed E-state index contributed by atoms with van der Waals surface area (Å²) in [5.41, 5.74) is 0.769. The van der Waals surface area contributed by atoms with Gasteiger partial charge in [-0.25, -0.2) is 9.67 Å². The first kappa shape index (κ1) is 13.7. The average molecular weight is 288 g/mol. The highest BCUT2D eigenvalue weighted by atomic mass is 16.6. The Kier molecular flexibility index (Phi) is 3.66. The zero-order valence-electron chi connectivity index (χ0n) is 11.4. The fourth-order valence-electron chi connectivity index (χ4n) is 2.70. The van der Waals surface area contributed by atoms with Crippen LogP contribution in [0.3, 0.4) is 0 Å². The highest BCUT2D eigenvalue weighted by Gasteiger charge is 2.25. The molecule has 7 heteroatoms. The Hall–Kier alpha value is -2.28. The highest BCUT2D eigenvalue weighted by molar-refractivity contribution is 5.56. The molecule has 0 spiro atoms. The van der Waals surface area contributed by atoms with Gasteiger partial charge in [0.2, 0.25) is 0 Å². The van der Waals surface area contributed by atoms with Crippen LogP contribution < -0.4 is 0 Å². The van der Waals surface area contributed by atoms with Gasteiger partial charge in [-0.05, 0) is 25.0 Å². The van der Waals surface area contributed by atoms with Crippen LogP contribution in [0.2, 0.25) is 0 Å². The first-order chi connectivity index (χ1) is 10.1. The number of nitrogens with zero attached hydrogens (tertiary/aromatic N) is 4. The largest absolute Gasteiger partial charge is 0.391 e. The Balaban J connectivity index is 1.82. The second-order valence-electron chi connectivity index (χ2n) is 5.27. The molecule has 2 unspecified atom stereocenters. The maximum atomic E-state index is 10.6. The van der Waals surface area contributed by atoms with Gasteiger partial charge in [-0.3, -0.25) is 10.1 Å². The van der Waals surface area contributed by atoms with Crippen molar-refractivity contribution < 1.29 is 10.0 Å². The van der Waals surface area contributed by atoms with Crippen molar-refractivity contribution in [1.82, 2.24) is 14.8 Å². The Morgan fingerprint density at radius 2 is 1.95 bits per heavy atom. The lowest BCUT2D eigenvalue weighted by Gasteiger charge is -2.27. The van der Waals surface area contributed by atoms with Gasteiger partial charge in [-0.2, -0.15) is 5.10 Å². The molecule has 1 aromatic carbocycles. The molecule has 1 heterocycles. The molecule has 0 radical (unpaired) electrons. The van der Waals surface area contributed by atoms with Gasteiger partial charge in [-0.1, -0.05) is 12.8 Å². The van der Waals surface area contributed by atoms with E-state index in [1.807, 2.05) is 0 Å². The van der Waals surface area contributed by atoms with Gasteiger partial charge >= 0.3 is 0 Å². The summed E-state index contributed by atoms with van der Waals surface area (Å²) in [5, 5.41) is 25.1. The molecule has 7 nitrogen and oxygen atoms in total. The van der Waals surface area contributed by atoms with Gasteiger partial charge in [0, 0.05) is 17.7 Å². The van der Waals surface area contributed by atoms with Crippen molar-refractivity contribution >= 4 is 5.69 Å². The van der Waals surface area contributed by atoms with Crippen molar-refractivity contribution in [3.8, 4) is 11.4 Å². The van der Waals surface area contributed by atoms with E-state index < -0.39 is 4.92 Å². The molecule has 0 saturated heterocycles. The molecule has 110 valence electrons. The molecular weight excluding hydrogens is 272 g/mol. The maximum absolute atomic E-state index is 10.6. The minimum Gasteiger partial charge on any atom is -0.391 e. The van der Waals surface area contributed by atoms with Crippen molar-refractivity contribution in [1.29, 1.82) is 0 Å². The molecule has 2 aromatic rings. The van der Waals surface area contributed by atoms with E-state index in [0.717, 1.165) is 31.2 Å². The lowest BCUT2D eigenvalue weighted by molar-refractivity contribution is -0.384. The number of benzene rings is 1. The predicted octanol–water partition coefficient (Wildman–Crippen LogP) is 2.33. The van der Waals surface area contributed by atoms with Crippen LogP contribution in [0.4, 0.5) is 5.69 Å². The number of nitro groups is 1. The summed E-state index contributed by atoms with van der Waals surface area (Å²) in [6.45, 7) is 0. The Labute approximate surface area is 121 Å². The quantitative estimate of drug-likeness (QED) is 0.691. The van der Waals surface area contributed by atoms with E-state index in [2.05, 4.69) is 10.1 Å². The van der Waals surface area contributed by atoms with Crippen LogP contribution in [0.25, 0.3) is 11.4 Å². The van der Waals surface area contributed by atoms with E-state index in [1.54, 1.807) is 23.1 Å². The Morgan fingerprint density at radius 3 is 2.62 bits per heavy atom. The highest BCUT2D eigenvalue weighted by Crippen LogP contribution is 2.28. The van der Waals surface area contributed by atoms with Crippen LogP contribution >= 0.6 is 0 Å². The van der Waals surface area contributed by atoms with E-state index in [9.17, 15) is 15.2 Å². The standard InChI is InChI=1S/C14H16N4O3/c19-13-4-2-1-3-12(13)17-9-15-14(16-17)10-5-7-11(8-6-10)18(20)21/h5-9,12-13,19H,1-4H2. The molecule has 3 rings (SSSR count). The molecule has 2 atom stereocenters. The SMILES string of the molecule is O=[N+]([O-])c1ccc(-c2ncn(C3CCCCC3O)n2)cc1. The normalized spacial score (nSPS) is 22.1.